The molecule has 0 aromatic heterocycles. The minimum absolute atomic E-state index is 0. The predicted octanol–water partition coefficient (Wildman–Crippen LogP) is 2.97. The number of aliphatic imine (C=N–C) groups is 1. The van der Waals surface area contributed by atoms with Crippen molar-refractivity contribution in [3.05, 3.63) is 0 Å². The van der Waals surface area contributed by atoms with Gasteiger partial charge in [0, 0.05) is 38.7 Å². The Hall–Kier alpha value is -0.0400. The second-order valence-corrected chi connectivity index (χ2v) is 7.43. The Balaban J connectivity index is 0.00000220. The highest BCUT2D eigenvalue weighted by molar-refractivity contribution is 14.0. The van der Waals surface area contributed by atoms with Crippen molar-refractivity contribution < 1.29 is 4.74 Å². The molecule has 2 aliphatic rings. The maximum Gasteiger partial charge on any atom is 0.193 e. The van der Waals surface area contributed by atoms with Gasteiger partial charge in [-0.1, -0.05) is 27.7 Å². The van der Waals surface area contributed by atoms with E-state index >= 15 is 0 Å². The number of rotatable bonds is 4. The summed E-state index contributed by atoms with van der Waals surface area (Å²) in [6.45, 7) is 15.1. The average molecular weight is 409 g/mol. The van der Waals surface area contributed by atoms with Crippen LogP contribution in [0.2, 0.25) is 0 Å². The van der Waals surface area contributed by atoms with E-state index in [4.69, 9.17) is 4.74 Å². The Morgan fingerprint density at radius 3 is 2.33 bits per heavy atom. The quantitative estimate of drug-likeness (QED) is 0.441. The molecule has 0 radical (unpaired) electrons. The van der Waals surface area contributed by atoms with Gasteiger partial charge in [-0.05, 0) is 24.2 Å². The van der Waals surface area contributed by atoms with Crippen LogP contribution in [-0.2, 0) is 4.74 Å². The van der Waals surface area contributed by atoms with Gasteiger partial charge in [0.15, 0.2) is 5.96 Å². The molecule has 1 atom stereocenters. The predicted molar refractivity (Wildman–Crippen MR) is 99.4 cm³/mol. The molecule has 0 aromatic rings. The second kappa shape index (κ2) is 7.02. The zero-order valence-corrected chi connectivity index (χ0v) is 16.7. The van der Waals surface area contributed by atoms with Gasteiger partial charge in [0.1, 0.15) is 0 Å². The van der Waals surface area contributed by atoms with Crippen molar-refractivity contribution in [3.63, 3.8) is 0 Å². The fraction of sp³-hybridized carbons (Fsp3) is 0.938. The van der Waals surface area contributed by atoms with Crippen molar-refractivity contribution >= 4 is 29.9 Å². The molecule has 0 aromatic carbocycles. The molecule has 2 fully saturated rings. The van der Waals surface area contributed by atoms with E-state index in [9.17, 15) is 0 Å². The first kappa shape index (κ1) is 19.0. The molecule has 1 saturated heterocycles. The van der Waals surface area contributed by atoms with Gasteiger partial charge < -0.3 is 15.0 Å². The van der Waals surface area contributed by atoms with E-state index in [-0.39, 0.29) is 24.0 Å². The number of guanidine groups is 1. The van der Waals surface area contributed by atoms with Crippen LogP contribution >= 0.6 is 24.0 Å². The van der Waals surface area contributed by atoms with Crippen LogP contribution in [0.5, 0.6) is 0 Å². The van der Waals surface area contributed by atoms with E-state index in [1.165, 1.54) is 6.42 Å². The average Bonchev–Trinajstić information content (AvgIpc) is 2.78. The van der Waals surface area contributed by atoms with Crippen molar-refractivity contribution in [3.8, 4) is 0 Å². The van der Waals surface area contributed by atoms with Crippen molar-refractivity contribution in [2.45, 2.75) is 47.1 Å². The molecule has 4 nitrogen and oxygen atoms in total. The molecule has 1 aliphatic heterocycles. The molecule has 0 spiro atoms. The Kier molecular flexibility index (Phi) is 6.36. The summed E-state index contributed by atoms with van der Waals surface area (Å²) in [5.41, 5.74) is 0.664. The van der Waals surface area contributed by atoms with E-state index in [1.54, 1.807) is 0 Å². The Bertz CT molecular complexity index is 362. The van der Waals surface area contributed by atoms with Crippen molar-refractivity contribution in [2.75, 3.05) is 33.4 Å². The van der Waals surface area contributed by atoms with Crippen LogP contribution in [0, 0.1) is 16.7 Å². The van der Waals surface area contributed by atoms with Crippen molar-refractivity contribution in [1.29, 1.82) is 0 Å². The Morgan fingerprint density at radius 1 is 1.29 bits per heavy atom. The third-order valence-electron chi connectivity index (χ3n) is 5.52. The fourth-order valence-corrected chi connectivity index (χ4v) is 3.31. The summed E-state index contributed by atoms with van der Waals surface area (Å²) in [6, 6.07) is 0.502. The van der Waals surface area contributed by atoms with Gasteiger partial charge in [0.2, 0.25) is 0 Å². The Morgan fingerprint density at radius 2 is 1.90 bits per heavy atom. The summed E-state index contributed by atoms with van der Waals surface area (Å²) in [4.78, 5) is 6.94. The molecule has 21 heavy (non-hydrogen) atoms. The molecule has 124 valence electrons. The highest BCUT2D eigenvalue weighted by atomic mass is 127. The fourth-order valence-electron chi connectivity index (χ4n) is 3.31. The van der Waals surface area contributed by atoms with Crippen LogP contribution in [0.25, 0.3) is 0 Å². The summed E-state index contributed by atoms with van der Waals surface area (Å²) < 4.78 is 5.47. The normalized spacial score (nSPS) is 27.1. The van der Waals surface area contributed by atoms with Crippen LogP contribution in [0.15, 0.2) is 4.99 Å². The van der Waals surface area contributed by atoms with Gasteiger partial charge in [-0.25, -0.2) is 0 Å². The highest BCUT2D eigenvalue weighted by Gasteiger charge is 2.65. The van der Waals surface area contributed by atoms with Crippen LogP contribution < -0.4 is 5.32 Å². The molecule has 1 unspecified atom stereocenters. The number of hydrogen-bond donors (Lipinski definition) is 1. The standard InChI is InChI=1S/C16H31N3O.HI/c1-7-17-14(18-13-15(2,3)16(13,4)5)19(6)10-12-8-9-20-11-12;/h12-13H,7-11H2,1-6H3,(H,17,18);1H. The molecule has 1 heterocycles. The van der Waals surface area contributed by atoms with Gasteiger partial charge in [-0.2, -0.15) is 0 Å². The first-order valence-electron chi connectivity index (χ1n) is 7.90. The number of hydrogen-bond acceptors (Lipinski definition) is 2. The topological polar surface area (TPSA) is 36.9 Å². The molecule has 1 aliphatic carbocycles. The third kappa shape index (κ3) is 3.84. The van der Waals surface area contributed by atoms with Crippen LogP contribution in [0.3, 0.4) is 0 Å². The molecule has 1 saturated carbocycles. The Labute approximate surface area is 147 Å². The monoisotopic (exact) mass is 409 g/mol. The lowest BCUT2D eigenvalue weighted by Gasteiger charge is -2.25. The first-order chi connectivity index (χ1) is 9.30. The second-order valence-electron chi connectivity index (χ2n) is 7.43. The molecule has 1 N–H and O–H groups in total. The zero-order valence-electron chi connectivity index (χ0n) is 14.4. The maximum atomic E-state index is 5.47. The summed E-state index contributed by atoms with van der Waals surface area (Å²) in [7, 11) is 2.14. The molecule has 0 bridgehead atoms. The largest absolute Gasteiger partial charge is 0.381 e. The number of halogens is 1. The minimum Gasteiger partial charge on any atom is -0.381 e. The maximum absolute atomic E-state index is 5.47. The zero-order chi connectivity index (χ0) is 15.0. The SMILES string of the molecule is CCN=C(NC1C(C)(C)C1(C)C)N(C)CC1CCOC1.I. The van der Waals surface area contributed by atoms with E-state index in [0.29, 0.717) is 22.8 Å². The van der Waals surface area contributed by atoms with Crippen molar-refractivity contribution in [1.82, 2.24) is 10.2 Å². The van der Waals surface area contributed by atoms with Gasteiger partial charge in [-0.3, -0.25) is 4.99 Å². The minimum atomic E-state index is 0. The molecule has 2 rings (SSSR count). The van der Waals surface area contributed by atoms with Crippen molar-refractivity contribution in [2.24, 2.45) is 21.7 Å². The summed E-state index contributed by atoms with van der Waals surface area (Å²) in [5, 5.41) is 3.68. The van der Waals surface area contributed by atoms with E-state index in [2.05, 4.69) is 56.9 Å². The summed E-state index contributed by atoms with van der Waals surface area (Å²) in [6.07, 6.45) is 1.17. The van der Waals surface area contributed by atoms with E-state index < -0.39 is 0 Å². The van der Waals surface area contributed by atoms with E-state index in [0.717, 1.165) is 32.3 Å². The lowest BCUT2D eigenvalue weighted by atomic mass is 10.0. The highest BCUT2D eigenvalue weighted by Crippen LogP contribution is 2.62. The van der Waals surface area contributed by atoms with Gasteiger partial charge >= 0.3 is 0 Å². The molecule has 5 heteroatoms. The van der Waals surface area contributed by atoms with Gasteiger partial charge in [-0.15, -0.1) is 24.0 Å². The van der Waals surface area contributed by atoms with Crippen LogP contribution in [0.1, 0.15) is 41.0 Å². The lowest BCUT2D eigenvalue weighted by Crippen LogP contribution is -2.44. The number of nitrogens with one attached hydrogen (secondary N) is 1. The summed E-state index contributed by atoms with van der Waals surface area (Å²) in [5.74, 6) is 1.69. The number of ether oxygens (including phenoxy) is 1. The van der Waals surface area contributed by atoms with E-state index in [1.807, 2.05) is 0 Å². The summed E-state index contributed by atoms with van der Waals surface area (Å²) >= 11 is 0. The van der Waals surface area contributed by atoms with Crippen LogP contribution in [-0.4, -0.2) is 50.3 Å². The smallest absolute Gasteiger partial charge is 0.193 e. The molecular formula is C16H32IN3O. The third-order valence-corrected chi connectivity index (χ3v) is 5.52. The first-order valence-corrected chi connectivity index (χ1v) is 7.90. The number of nitrogens with zero attached hydrogens (tertiary/aromatic N) is 2. The molecule has 0 amide bonds. The molecular weight excluding hydrogens is 377 g/mol. The lowest BCUT2D eigenvalue weighted by molar-refractivity contribution is 0.181. The van der Waals surface area contributed by atoms with Gasteiger partial charge in [0.25, 0.3) is 0 Å². The van der Waals surface area contributed by atoms with Crippen LogP contribution in [0.4, 0.5) is 0 Å². The van der Waals surface area contributed by atoms with Gasteiger partial charge in [0.05, 0.1) is 6.61 Å².